The molecule has 29 heavy (non-hydrogen) atoms. The number of esters is 1. The maximum atomic E-state index is 12.2. The molecule has 0 saturated carbocycles. The minimum atomic E-state index is -0.586. The van der Waals surface area contributed by atoms with Crippen molar-refractivity contribution in [3.8, 4) is 5.75 Å². The monoisotopic (exact) mass is 417 g/mol. The number of rotatable bonds is 7. The molecule has 1 N–H and O–H groups in total. The smallest absolute Gasteiger partial charge is 0.338 e. The van der Waals surface area contributed by atoms with Gasteiger partial charge in [-0.3, -0.25) is 4.79 Å². The summed E-state index contributed by atoms with van der Waals surface area (Å²) in [6, 6.07) is 10.3. The topological polar surface area (TPSA) is 73.9 Å². The van der Waals surface area contributed by atoms with Gasteiger partial charge in [0.1, 0.15) is 12.4 Å². The Hall–Kier alpha value is -2.57. The van der Waals surface area contributed by atoms with E-state index in [-0.39, 0.29) is 6.10 Å². The van der Waals surface area contributed by atoms with Gasteiger partial charge in [-0.25, -0.2) is 4.79 Å². The van der Waals surface area contributed by atoms with Crippen molar-refractivity contribution in [3.05, 3.63) is 58.1 Å². The molecule has 3 rings (SSSR count). The summed E-state index contributed by atoms with van der Waals surface area (Å²) in [5.74, 6) is -0.388. The van der Waals surface area contributed by atoms with Crippen LogP contribution in [0.5, 0.6) is 5.75 Å². The van der Waals surface area contributed by atoms with E-state index in [9.17, 15) is 9.59 Å². The Morgan fingerprint density at radius 3 is 2.62 bits per heavy atom. The van der Waals surface area contributed by atoms with E-state index < -0.39 is 18.5 Å². The molecule has 7 heteroatoms. The normalized spacial score (nSPS) is 15.8. The molecule has 0 aliphatic carbocycles. The number of hydrogen-bond donors (Lipinski definition) is 1. The fraction of sp³-hybridized carbons (Fsp3) is 0.364. The van der Waals surface area contributed by atoms with Crippen molar-refractivity contribution in [1.82, 2.24) is 0 Å². The number of amides is 1. The third-order valence-electron chi connectivity index (χ3n) is 4.58. The number of halogens is 1. The van der Waals surface area contributed by atoms with E-state index in [2.05, 4.69) is 5.32 Å². The van der Waals surface area contributed by atoms with Gasteiger partial charge in [0, 0.05) is 6.61 Å². The number of aryl methyl sites for hydroxylation is 2. The zero-order valence-corrected chi connectivity index (χ0v) is 17.3. The van der Waals surface area contributed by atoms with Crippen LogP contribution in [0.15, 0.2) is 36.4 Å². The van der Waals surface area contributed by atoms with Gasteiger partial charge in [-0.2, -0.15) is 0 Å². The average molecular weight is 418 g/mol. The molecule has 6 nitrogen and oxygen atoms in total. The molecule has 1 aliphatic rings. The summed E-state index contributed by atoms with van der Waals surface area (Å²) >= 11 is 6.18. The second-order valence-corrected chi connectivity index (χ2v) is 7.44. The second kappa shape index (κ2) is 9.76. The Kier molecular flexibility index (Phi) is 7.12. The molecule has 0 spiro atoms. The molecule has 1 aliphatic heterocycles. The molecule has 1 saturated heterocycles. The molecular formula is C22H24ClNO5. The first-order chi connectivity index (χ1) is 13.9. The zero-order valence-electron chi connectivity index (χ0n) is 16.5. The van der Waals surface area contributed by atoms with Crippen LogP contribution < -0.4 is 10.1 Å². The number of ether oxygens (including phenoxy) is 3. The van der Waals surface area contributed by atoms with Crippen LogP contribution in [0, 0.1) is 13.8 Å². The van der Waals surface area contributed by atoms with Gasteiger partial charge in [-0.1, -0.05) is 17.7 Å². The molecule has 0 aromatic heterocycles. The first-order valence-corrected chi connectivity index (χ1v) is 9.88. The quantitative estimate of drug-likeness (QED) is 0.679. The number of hydrogen-bond acceptors (Lipinski definition) is 5. The summed E-state index contributed by atoms with van der Waals surface area (Å²) in [4.78, 5) is 24.3. The van der Waals surface area contributed by atoms with Crippen molar-refractivity contribution >= 4 is 29.2 Å². The number of nitrogens with one attached hydrogen (secondary N) is 1. The fourth-order valence-electron chi connectivity index (χ4n) is 3.12. The third kappa shape index (κ3) is 5.95. The summed E-state index contributed by atoms with van der Waals surface area (Å²) < 4.78 is 16.3. The van der Waals surface area contributed by atoms with Gasteiger partial charge < -0.3 is 19.5 Å². The highest BCUT2D eigenvalue weighted by Crippen LogP contribution is 2.27. The van der Waals surface area contributed by atoms with Crippen LogP contribution in [0.1, 0.15) is 34.3 Å². The maximum Gasteiger partial charge on any atom is 0.338 e. The zero-order chi connectivity index (χ0) is 20.8. The molecule has 2 aromatic rings. The lowest BCUT2D eigenvalue weighted by molar-refractivity contribution is -0.119. The van der Waals surface area contributed by atoms with E-state index in [4.69, 9.17) is 25.8 Å². The lowest BCUT2D eigenvalue weighted by Crippen LogP contribution is -2.21. The van der Waals surface area contributed by atoms with Crippen molar-refractivity contribution in [2.45, 2.75) is 32.8 Å². The molecule has 1 fully saturated rings. The Morgan fingerprint density at radius 1 is 1.21 bits per heavy atom. The molecule has 1 atom stereocenters. The summed E-state index contributed by atoms with van der Waals surface area (Å²) in [6.45, 7) is 4.64. The fourth-order valence-corrected chi connectivity index (χ4v) is 3.48. The van der Waals surface area contributed by atoms with E-state index in [1.807, 2.05) is 19.9 Å². The van der Waals surface area contributed by atoms with E-state index in [0.717, 1.165) is 30.6 Å². The summed E-state index contributed by atoms with van der Waals surface area (Å²) in [5.41, 5.74) is 2.70. The van der Waals surface area contributed by atoms with Crippen LogP contribution in [0.3, 0.4) is 0 Å². The van der Waals surface area contributed by atoms with E-state index >= 15 is 0 Å². The van der Waals surface area contributed by atoms with Gasteiger partial charge in [-0.05, 0) is 68.1 Å². The highest BCUT2D eigenvalue weighted by atomic mass is 35.5. The van der Waals surface area contributed by atoms with Crippen LogP contribution in [0.2, 0.25) is 5.02 Å². The highest BCUT2D eigenvalue weighted by molar-refractivity contribution is 6.34. The van der Waals surface area contributed by atoms with E-state index in [0.29, 0.717) is 28.6 Å². The number of carbonyl (C=O) groups excluding carboxylic acids is 2. The molecular weight excluding hydrogens is 394 g/mol. The molecule has 2 aromatic carbocycles. The third-order valence-corrected chi connectivity index (χ3v) is 4.88. The summed E-state index contributed by atoms with van der Waals surface area (Å²) in [5, 5.41) is 3.13. The molecule has 0 radical (unpaired) electrons. The first-order valence-electron chi connectivity index (χ1n) is 9.50. The highest BCUT2D eigenvalue weighted by Gasteiger charge is 2.16. The molecule has 154 valence electrons. The Balaban J connectivity index is 1.48. The lowest BCUT2D eigenvalue weighted by atomic mass is 10.1. The van der Waals surface area contributed by atoms with Crippen LogP contribution in [0.4, 0.5) is 5.69 Å². The number of benzene rings is 2. The Morgan fingerprint density at radius 2 is 1.97 bits per heavy atom. The predicted molar refractivity (Wildman–Crippen MR) is 111 cm³/mol. The van der Waals surface area contributed by atoms with Gasteiger partial charge >= 0.3 is 5.97 Å². The van der Waals surface area contributed by atoms with E-state index in [1.165, 1.54) is 0 Å². The van der Waals surface area contributed by atoms with Crippen molar-refractivity contribution in [3.63, 3.8) is 0 Å². The Bertz CT molecular complexity index is 852. The van der Waals surface area contributed by atoms with Crippen molar-refractivity contribution < 1.29 is 23.8 Å². The van der Waals surface area contributed by atoms with E-state index in [1.54, 1.807) is 30.3 Å². The van der Waals surface area contributed by atoms with Crippen LogP contribution >= 0.6 is 11.6 Å². The summed E-state index contributed by atoms with van der Waals surface area (Å²) in [7, 11) is 0. The molecule has 0 unspecified atom stereocenters. The first kappa shape index (κ1) is 21.1. The van der Waals surface area contributed by atoms with Gasteiger partial charge in [0.2, 0.25) is 0 Å². The predicted octanol–water partition coefficient (Wildman–Crippen LogP) is 4.31. The van der Waals surface area contributed by atoms with Crippen LogP contribution in [-0.2, 0) is 14.3 Å². The van der Waals surface area contributed by atoms with Crippen LogP contribution in [0.25, 0.3) is 0 Å². The molecule has 1 heterocycles. The largest absolute Gasteiger partial charge is 0.491 e. The van der Waals surface area contributed by atoms with Gasteiger partial charge in [0.05, 0.1) is 22.4 Å². The minimum absolute atomic E-state index is 0.129. The average Bonchev–Trinajstić information content (AvgIpc) is 3.21. The standard InChI is InChI=1S/C22H24ClNO5/c1-14-10-15(2)21(19(23)11-14)24-20(25)13-29-22(26)16-5-7-17(8-6-16)28-12-18-4-3-9-27-18/h5-8,10-11,18H,3-4,9,12-13H2,1-2H3,(H,24,25)/t18-/m0/s1. The van der Waals surface area contributed by atoms with Gasteiger partial charge in [0.25, 0.3) is 5.91 Å². The number of anilines is 1. The lowest BCUT2D eigenvalue weighted by Gasteiger charge is -2.12. The number of carbonyl (C=O) groups is 2. The van der Waals surface area contributed by atoms with Crippen molar-refractivity contribution in [2.75, 3.05) is 25.1 Å². The SMILES string of the molecule is Cc1cc(C)c(NC(=O)COC(=O)c2ccc(OC[C@@H]3CCCO3)cc2)c(Cl)c1. The van der Waals surface area contributed by atoms with Crippen LogP contribution in [-0.4, -0.2) is 37.8 Å². The molecule has 0 bridgehead atoms. The Labute approximate surface area is 175 Å². The van der Waals surface area contributed by atoms with Gasteiger partial charge in [-0.15, -0.1) is 0 Å². The van der Waals surface area contributed by atoms with Crippen molar-refractivity contribution in [2.24, 2.45) is 0 Å². The van der Waals surface area contributed by atoms with Crippen molar-refractivity contribution in [1.29, 1.82) is 0 Å². The maximum absolute atomic E-state index is 12.2. The molecule has 1 amide bonds. The van der Waals surface area contributed by atoms with Gasteiger partial charge in [0.15, 0.2) is 6.61 Å². The summed E-state index contributed by atoms with van der Waals surface area (Å²) in [6.07, 6.45) is 2.19. The minimum Gasteiger partial charge on any atom is -0.491 e. The second-order valence-electron chi connectivity index (χ2n) is 7.03.